The summed E-state index contributed by atoms with van der Waals surface area (Å²) in [4.78, 5) is 45.9. The molecule has 22 heavy (non-hydrogen) atoms. The van der Waals surface area contributed by atoms with Crippen LogP contribution < -0.4 is 22.1 Å². The average molecular weight is 314 g/mol. The van der Waals surface area contributed by atoms with Crippen LogP contribution in [0.1, 0.15) is 40.0 Å². The maximum absolute atomic E-state index is 12.0. The molecule has 0 heterocycles. The highest BCUT2D eigenvalue weighted by molar-refractivity contribution is 6.39. The summed E-state index contributed by atoms with van der Waals surface area (Å²) < 4.78 is 0. The van der Waals surface area contributed by atoms with Gasteiger partial charge >= 0.3 is 6.03 Å². The van der Waals surface area contributed by atoms with Crippen LogP contribution in [0.4, 0.5) is 4.79 Å². The molecule has 0 saturated carbocycles. The summed E-state index contributed by atoms with van der Waals surface area (Å²) >= 11 is 0. The first-order chi connectivity index (χ1) is 10.2. The SMILES string of the molecule is CCC(=O)C(=O)[C@@H](NC(=O)[C@@H](N)CCCNC(N)=O)C(C)C. The highest BCUT2D eigenvalue weighted by Crippen LogP contribution is 2.06. The van der Waals surface area contributed by atoms with Gasteiger partial charge in [0.05, 0.1) is 12.1 Å². The van der Waals surface area contributed by atoms with E-state index >= 15 is 0 Å². The molecule has 0 aliphatic carbocycles. The van der Waals surface area contributed by atoms with Gasteiger partial charge in [-0.25, -0.2) is 4.79 Å². The molecule has 6 N–H and O–H groups in total. The third-order valence-corrected chi connectivity index (χ3v) is 3.17. The second-order valence-corrected chi connectivity index (χ2v) is 5.41. The van der Waals surface area contributed by atoms with Crippen LogP contribution in [0.5, 0.6) is 0 Å². The van der Waals surface area contributed by atoms with Gasteiger partial charge in [-0.05, 0) is 18.8 Å². The van der Waals surface area contributed by atoms with E-state index in [4.69, 9.17) is 11.5 Å². The van der Waals surface area contributed by atoms with Crippen molar-refractivity contribution in [2.45, 2.75) is 52.1 Å². The highest BCUT2D eigenvalue weighted by atomic mass is 16.2. The van der Waals surface area contributed by atoms with Crippen molar-refractivity contribution in [2.24, 2.45) is 17.4 Å². The zero-order valence-electron chi connectivity index (χ0n) is 13.3. The monoisotopic (exact) mass is 314 g/mol. The number of nitrogens with two attached hydrogens (primary N) is 2. The summed E-state index contributed by atoms with van der Waals surface area (Å²) in [5, 5.41) is 4.93. The first kappa shape index (κ1) is 20.0. The smallest absolute Gasteiger partial charge is 0.312 e. The van der Waals surface area contributed by atoms with E-state index in [1.165, 1.54) is 0 Å². The van der Waals surface area contributed by atoms with Crippen LogP contribution >= 0.6 is 0 Å². The Hall–Kier alpha value is -1.96. The van der Waals surface area contributed by atoms with Gasteiger partial charge in [0.15, 0.2) is 5.78 Å². The zero-order valence-corrected chi connectivity index (χ0v) is 13.3. The summed E-state index contributed by atoms with van der Waals surface area (Å²) in [7, 11) is 0. The number of primary amides is 1. The van der Waals surface area contributed by atoms with Gasteiger partial charge in [0.25, 0.3) is 0 Å². The minimum absolute atomic E-state index is 0.1000. The summed E-state index contributed by atoms with van der Waals surface area (Å²) in [6.07, 6.45) is 0.904. The van der Waals surface area contributed by atoms with Crippen LogP contribution in [-0.2, 0) is 14.4 Å². The van der Waals surface area contributed by atoms with Crippen LogP contribution in [0.15, 0.2) is 0 Å². The van der Waals surface area contributed by atoms with Crippen molar-refractivity contribution in [2.75, 3.05) is 6.54 Å². The van der Waals surface area contributed by atoms with Gasteiger partial charge in [0.2, 0.25) is 11.7 Å². The van der Waals surface area contributed by atoms with E-state index in [9.17, 15) is 19.2 Å². The molecule has 0 aliphatic heterocycles. The first-order valence-corrected chi connectivity index (χ1v) is 7.37. The maximum Gasteiger partial charge on any atom is 0.312 e. The van der Waals surface area contributed by atoms with Crippen molar-refractivity contribution in [1.29, 1.82) is 0 Å². The van der Waals surface area contributed by atoms with Gasteiger partial charge < -0.3 is 22.1 Å². The number of Topliss-reactive ketones (excluding diaryl/α,β-unsaturated/α-hetero) is 2. The van der Waals surface area contributed by atoms with Crippen molar-refractivity contribution in [3.63, 3.8) is 0 Å². The standard InChI is InChI=1S/C14H26N4O4/c1-4-10(19)12(20)11(8(2)3)18-13(21)9(15)6-5-7-17-14(16)22/h8-9,11H,4-7,15H2,1-3H3,(H,18,21)(H3,16,17,22)/t9-,11-/m0/s1. The molecule has 8 nitrogen and oxygen atoms in total. The number of hydrogen-bond acceptors (Lipinski definition) is 5. The van der Waals surface area contributed by atoms with Gasteiger partial charge in [-0.15, -0.1) is 0 Å². The normalized spacial score (nSPS) is 13.3. The third kappa shape index (κ3) is 7.16. The fourth-order valence-electron chi connectivity index (χ4n) is 1.81. The second-order valence-electron chi connectivity index (χ2n) is 5.41. The van der Waals surface area contributed by atoms with Gasteiger partial charge in [0.1, 0.15) is 0 Å². The zero-order chi connectivity index (χ0) is 17.3. The molecule has 0 aliphatic rings. The Bertz CT molecular complexity index is 423. The molecule has 8 heteroatoms. The van der Waals surface area contributed by atoms with Gasteiger partial charge in [0, 0.05) is 13.0 Å². The Kier molecular flexibility index (Phi) is 9.00. The van der Waals surface area contributed by atoms with Crippen molar-refractivity contribution < 1.29 is 19.2 Å². The molecular formula is C14H26N4O4. The number of rotatable bonds is 10. The molecule has 0 bridgehead atoms. The largest absolute Gasteiger partial charge is 0.352 e. The van der Waals surface area contributed by atoms with E-state index in [-0.39, 0.29) is 12.3 Å². The topological polar surface area (TPSA) is 144 Å². The van der Waals surface area contributed by atoms with Crippen molar-refractivity contribution in [3.8, 4) is 0 Å². The fourth-order valence-corrected chi connectivity index (χ4v) is 1.81. The quantitative estimate of drug-likeness (QED) is 0.316. The maximum atomic E-state index is 12.0. The Balaban J connectivity index is 4.47. The summed E-state index contributed by atoms with van der Waals surface area (Å²) in [5.41, 5.74) is 10.7. The molecule has 0 unspecified atom stereocenters. The van der Waals surface area contributed by atoms with Crippen LogP contribution in [0.2, 0.25) is 0 Å². The molecule has 2 atom stereocenters. The summed E-state index contributed by atoms with van der Waals surface area (Å²) in [6, 6.07) is -2.32. The van der Waals surface area contributed by atoms with Gasteiger partial charge in [-0.2, -0.15) is 0 Å². The van der Waals surface area contributed by atoms with Gasteiger partial charge in [-0.1, -0.05) is 20.8 Å². The molecule has 3 amide bonds. The predicted octanol–water partition coefficient (Wildman–Crippen LogP) is -0.549. The van der Waals surface area contributed by atoms with Crippen molar-refractivity contribution in [1.82, 2.24) is 10.6 Å². The molecule has 0 aromatic rings. The van der Waals surface area contributed by atoms with Crippen LogP contribution in [0.25, 0.3) is 0 Å². The van der Waals surface area contributed by atoms with Crippen molar-refractivity contribution >= 4 is 23.5 Å². The molecule has 126 valence electrons. The molecule has 0 radical (unpaired) electrons. The lowest BCUT2D eigenvalue weighted by Gasteiger charge is -2.22. The van der Waals surface area contributed by atoms with E-state index in [1.54, 1.807) is 20.8 Å². The number of ketones is 2. The number of carbonyl (C=O) groups excluding carboxylic acids is 4. The Morgan fingerprint density at radius 1 is 1.14 bits per heavy atom. The number of amides is 3. The first-order valence-electron chi connectivity index (χ1n) is 7.37. The lowest BCUT2D eigenvalue weighted by Crippen LogP contribution is -2.52. The Morgan fingerprint density at radius 3 is 2.18 bits per heavy atom. The number of urea groups is 1. The molecule has 0 rings (SSSR count). The summed E-state index contributed by atoms with van der Waals surface area (Å²) in [6.45, 7) is 5.40. The number of nitrogens with one attached hydrogen (secondary N) is 2. The molecule has 0 saturated heterocycles. The van der Waals surface area contributed by atoms with E-state index in [1.807, 2.05) is 0 Å². The minimum atomic E-state index is -0.866. The van der Waals surface area contributed by atoms with Crippen LogP contribution in [0, 0.1) is 5.92 Å². The lowest BCUT2D eigenvalue weighted by molar-refractivity contribution is -0.139. The van der Waals surface area contributed by atoms with E-state index < -0.39 is 35.6 Å². The molecule has 0 fully saturated rings. The molecule has 0 aromatic carbocycles. The van der Waals surface area contributed by atoms with Crippen molar-refractivity contribution in [3.05, 3.63) is 0 Å². The Labute approximate surface area is 130 Å². The highest BCUT2D eigenvalue weighted by Gasteiger charge is 2.29. The van der Waals surface area contributed by atoms with E-state index in [0.29, 0.717) is 19.4 Å². The predicted molar refractivity (Wildman–Crippen MR) is 81.9 cm³/mol. The Morgan fingerprint density at radius 2 is 1.73 bits per heavy atom. The minimum Gasteiger partial charge on any atom is -0.352 e. The third-order valence-electron chi connectivity index (χ3n) is 3.17. The molecular weight excluding hydrogens is 288 g/mol. The number of carbonyl (C=O) groups is 4. The molecule has 0 aromatic heterocycles. The fraction of sp³-hybridized carbons (Fsp3) is 0.714. The van der Waals surface area contributed by atoms with Crippen LogP contribution in [-0.4, -0.2) is 42.1 Å². The lowest BCUT2D eigenvalue weighted by atomic mass is 9.95. The second kappa shape index (κ2) is 9.88. The van der Waals surface area contributed by atoms with Gasteiger partial charge in [-0.3, -0.25) is 14.4 Å². The number of hydrogen-bond donors (Lipinski definition) is 4. The molecule has 0 spiro atoms. The van der Waals surface area contributed by atoms with E-state index in [0.717, 1.165) is 0 Å². The van der Waals surface area contributed by atoms with Crippen LogP contribution in [0.3, 0.4) is 0 Å². The summed E-state index contributed by atoms with van der Waals surface area (Å²) in [5.74, 6) is -1.82. The average Bonchev–Trinajstić information content (AvgIpc) is 2.46. The van der Waals surface area contributed by atoms with E-state index in [2.05, 4.69) is 10.6 Å².